The van der Waals surface area contributed by atoms with Crippen LogP contribution in [0.5, 0.6) is 0 Å². The lowest BCUT2D eigenvalue weighted by atomic mass is 9.81. The first-order valence-corrected chi connectivity index (χ1v) is 12.6. The lowest BCUT2D eigenvalue weighted by molar-refractivity contribution is -0.138. The molecule has 1 N–H and O–H groups in total. The van der Waals surface area contributed by atoms with Crippen LogP contribution < -0.4 is 15.1 Å². The minimum atomic E-state index is -0.539. The Kier molecular flexibility index (Phi) is 6.35. The predicted molar refractivity (Wildman–Crippen MR) is 135 cm³/mol. The molecule has 5 heterocycles. The zero-order chi connectivity index (χ0) is 25.4. The second kappa shape index (κ2) is 9.94. The number of hydrogen-bond donors (Lipinski definition) is 1. The zero-order valence-corrected chi connectivity index (χ0v) is 20.9. The summed E-state index contributed by atoms with van der Waals surface area (Å²) in [6, 6.07) is 5.66. The summed E-state index contributed by atoms with van der Waals surface area (Å²) in [7, 11) is 0. The van der Waals surface area contributed by atoms with Crippen molar-refractivity contribution in [2.24, 2.45) is 0 Å². The molecule has 0 bridgehead atoms. The standard InChI is InChI=1S/C25H29N7O5/c1-3-36-24(33)18-15(2)26-22-20(19(18)16-5-4-6-17-21(16)30-37-29-17)23(31-7-11-34-12-8-31)28-25(27-22)32-9-13-35-14-10-32/h4-6,19H,3,7-14H2,1-2H3,(H,26,27,28). The number of nitrogens with one attached hydrogen (secondary N) is 1. The highest BCUT2D eigenvalue weighted by Gasteiger charge is 2.40. The Hall–Kier alpha value is -3.77. The molecule has 1 atom stereocenters. The van der Waals surface area contributed by atoms with Crippen molar-refractivity contribution >= 4 is 34.6 Å². The van der Waals surface area contributed by atoms with Gasteiger partial charge in [-0.3, -0.25) is 0 Å². The van der Waals surface area contributed by atoms with Gasteiger partial charge in [0.05, 0.1) is 44.5 Å². The molecule has 0 saturated carbocycles. The summed E-state index contributed by atoms with van der Waals surface area (Å²) in [6.45, 7) is 9.10. The Labute approximate surface area is 213 Å². The Balaban J connectivity index is 1.59. The number of hydrogen-bond acceptors (Lipinski definition) is 12. The summed E-state index contributed by atoms with van der Waals surface area (Å²) >= 11 is 0. The lowest BCUT2D eigenvalue weighted by Gasteiger charge is -2.37. The third kappa shape index (κ3) is 4.25. The highest BCUT2D eigenvalue weighted by molar-refractivity contribution is 5.97. The van der Waals surface area contributed by atoms with Crippen LogP contribution in [0.3, 0.4) is 0 Å². The second-order valence-electron chi connectivity index (χ2n) is 9.10. The van der Waals surface area contributed by atoms with Crippen LogP contribution in [-0.2, 0) is 19.0 Å². The lowest BCUT2D eigenvalue weighted by Crippen LogP contribution is -2.41. The van der Waals surface area contributed by atoms with Crippen molar-refractivity contribution in [3.8, 4) is 0 Å². The van der Waals surface area contributed by atoms with E-state index in [1.807, 2.05) is 25.1 Å². The van der Waals surface area contributed by atoms with E-state index in [4.69, 9.17) is 28.8 Å². The van der Waals surface area contributed by atoms with Gasteiger partial charge in [0.2, 0.25) is 5.95 Å². The van der Waals surface area contributed by atoms with Crippen LogP contribution in [0.25, 0.3) is 11.0 Å². The number of nitrogens with zero attached hydrogens (tertiary/aromatic N) is 6. The van der Waals surface area contributed by atoms with E-state index < -0.39 is 11.9 Å². The van der Waals surface area contributed by atoms with E-state index in [1.54, 1.807) is 6.92 Å². The molecule has 0 amide bonds. The Morgan fingerprint density at radius 2 is 1.78 bits per heavy atom. The number of rotatable bonds is 5. The summed E-state index contributed by atoms with van der Waals surface area (Å²) < 4.78 is 21.8. The SMILES string of the molecule is CCOC(=O)C1=C(C)Nc2nc(N3CCOCC3)nc(N3CCOCC3)c2C1c1cccc2nonc12. The van der Waals surface area contributed by atoms with Gasteiger partial charge in [0.15, 0.2) is 0 Å². The largest absolute Gasteiger partial charge is 0.463 e. The fourth-order valence-corrected chi connectivity index (χ4v) is 5.18. The van der Waals surface area contributed by atoms with E-state index >= 15 is 0 Å². The molecule has 0 aliphatic carbocycles. The number of carbonyl (C=O) groups excluding carboxylic acids is 1. The van der Waals surface area contributed by atoms with Crippen molar-refractivity contribution in [2.75, 3.05) is 74.3 Å². The van der Waals surface area contributed by atoms with Crippen molar-refractivity contribution in [1.82, 2.24) is 20.3 Å². The van der Waals surface area contributed by atoms with Crippen LogP contribution in [0.4, 0.5) is 17.6 Å². The molecule has 2 saturated heterocycles. The molecule has 0 radical (unpaired) electrons. The molecule has 3 aromatic rings. The van der Waals surface area contributed by atoms with Gasteiger partial charge < -0.3 is 29.3 Å². The highest BCUT2D eigenvalue weighted by Crippen LogP contribution is 2.47. The number of anilines is 3. The maximum atomic E-state index is 13.4. The maximum Gasteiger partial charge on any atom is 0.336 e. The second-order valence-corrected chi connectivity index (χ2v) is 9.10. The molecular weight excluding hydrogens is 478 g/mol. The van der Waals surface area contributed by atoms with Gasteiger partial charge in [-0.1, -0.05) is 12.1 Å². The summed E-state index contributed by atoms with van der Waals surface area (Å²) in [5.74, 6) is 1.10. The minimum Gasteiger partial charge on any atom is -0.463 e. The first-order valence-electron chi connectivity index (χ1n) is 12.6. The van der Waals surface area contributed by atoms with Crippen molar-refractivity contribution in [3.05, 3.63) is 40.6 Å². The van der Waals surface area contributed by atoms with Crippen LogP contribution in [0, 0.1) is 0 Å². The summed E-state index contributed by atoms with van der Waals surface area (Å²) in [4.78, 5) is 27.8. The molecule has 12 nitrogen and oxygen atoms in total. The number of allylic oxidation sites excluding steroid dienone is 1. The number of morpholine rings is 2. The van der Waals surface area contributed by atoms with E-state index in [9.17, 15) is 4.79 Å². The van der Waals surface area contributed by atoms with Crippen molar-refractivity contribution in [2.45, 2.75) is 19.8 Å². The fourth-order valence-electron chi connectivity index (χ4n) is 5.18. The first-order chi connectivity index (χ1) is 18.2. The van der Waals surface area contributed by atoms with Gasteiger partial charge in [-0.05, 0) is 35.8 Å². The van der Waals surface area contributed by atoms with Gasteiger partial charge in [0, 0.05) is 37.4 Å². The van der Waals surface area contributed by atoms with Crippen LogP contribution in [-0.4, -0.2) is 85.5 Å². The van der Waals surface area contributed by atoms with E-state index in [2.05, 4.69) is 25.4 Å². The van der Waals surface area contributed by atoms with Crippen molar-refractivity contribution in [1.29, 1.82) is 0 Å². The smallest absolute Gasteiger partial charge is 0.336 e. The van der Waals surface area contributed by atoms with Crippen LogP contribution in [0.1, 0.15) is 30.9 Å². The normalized spacial score (nSPS) is 20.1. The van der Waals surface area contributed by atoms with E-state index in [0.717, 1.165) is 16.9 Å². The maximum absolute atomic E-state index is 13.4. The monoisotopic (exact) mass is 507 g/mol. The minimum absolute atomic E-state index is 0.258. The van der Waals surface area contributed by atoms with Gasteiger partial charge in [-0.25, -0.2) is 9.42 Å². The molecule has 1 unspecified atom stereocenters. The summed E-state index contributed by atoms with van der Waals surface area (Å²) in [5.41, 5.74) is 3.92. The van der Waals surface area contributed by atoms with Crippen LogP contribution in [0.15, 0.2) is 34.1 Å². The molecule has 0 spiro atoms. The summed E-state index contributed by atoms with van der Waals surface area (Å²) in [5, 5.41) is 11.6. The Morgan fingerprint density at radius 1 is 1.05 bits per heavy atom. The molecule has 3 aliphatic rings. The number of esters is 1. The number of carbonyl (C=O) groups is 1. The number of ether oxygens (including phenoxy) is 3. The Bertz CT molecular complexity index is 1340. The first kappa shape index (κ1) is 23.6. The average molecular weight is 508 g/mol. The number of fused-ring (bicyclic) bond motifs is 2. The van der Waals surface area contributed by atoms with Crippen molar-refractivity contribution in [3.63, 3.8) is 0 Å². The third-order valence-electron chi connectivity index (χ3n) is 6.93. The fraction of sp³-hybridized carbons (Fsp3) is 0.480. The molecule has 2 aromatic heterocycles. The van der Waals surface area contributed by atoms with Gasteiger partial charge >= 0.3 is 5.97 Å². The van der Waals surface area contributed by atoms with Gasteiger partial charge in [-0.2, -0.15) is 9.97 Å². The average Bonchev–Trinajstić information content (AvgIpc) is 3.42. The van der Waals surface area contributed by atoms with Gasteiger partial charge in [0.1, 0.15) is 22.7 Å². The predicted octanol–water partition coefficient (Wildman–Crippen LogP) is 2.08. The molecule has 194 valence electrons. The van der Waals surface area contributed by atoms with E-state index in [-0.39, 0.29) is 6.61 Å². The third-order valence-corrected chi connectivity index (χ3v) is 6.93. The van der Waals surface area contributed by atoms with Crippen molar-refractivity contribution < 1.29 is 23.6 Å². The summed E-state index contributed by atoms with van der Waals surface area (Å²) in [6.07, 6.45) is 0. The van der Waals surface area contributed by atoms with Gasteiger partial charge in [-0.15, -0.1) is 0 Å². The zero-order valence-electron chi connectivity index (χ0n) is 20.9. The quantitative estimate of drug-likeness (QED) is 0.508. The van der Waals surface area contributed by atoms with E-state index in [1.165, 1.54) is 0 Å². The van der Waals surface area contributed by atoms with E-state index in [0.29, 0.717) is 86.7 Å². The molecule has 37 heavy (non-hydrogen) atoms. The molecule has 12 heteroatoms. The number of aromatic nitrogens is 4. The topological polar surface area (TPSA) is 128 Å². The molecule has 1 aromatic carbocycles. The Morgan fingerprint density at radius 3 is 2.51 bits per heavy atom. The molecule has 6 rings (SSSR count). The van der Waals surface area contributed by atoms with Crippen LogP contribution >= 0.6 is 0 Å². The molecule has 2 fully saturated rings. The van der Waals surface area contributed by atoms with Gasteiger partial charge in [0.25, 0.3) is 0 Å². The highest BCUT2D eigenvalue weighted by atomic mass is 16.6. The molecule has 3 aliphatic heterocycles. The molecular formula is C25H29N7O5. The number of benzene rings is 1. The van der Waals surface area contributed by atoms with Crippen LogP contribution in [0.2, 0.25) is 0 Å².